The first-order chi connectivity index (χ1) is 17.7. The molecule has 1 aromatic carbocycles. The van der Waals surface area contributed by atoms with E-state index in [0.29, 0.717) is 17.2 Å². The lowest BCUT2D eigenvalue weighted by Gasteiger charge is -2.30. The van der Waals surface area contributed by atoms with E-state index in [-0.39, 0.29) is 0 Å². The first-order valence-electron chi connectivity index (χ1n) is 13.2. The van der Waals surface area contributed by atoms with E-state index in [1.54, 1.807) is 16.9 Å². The molecule has 0 radical (unpaired) electrons. The summed E-state index contributed by atoms with van der Waals surface area (Å²) in [5.74, 6) is 0.673. The molecule has 0 N–H and O–H groups in total. The Labute approximate surface area is 220 Å². The lowest BCUT2D eigenvalue weighted by molar-refractivity contribution is 0.268. The molecule has 7 rings (SSSR count). The Hall–Kier alpha value is -2.54. The van der Waals surface area contributed by atoms with Crippen LogP contribution in [-0.4, -0.2) is 43.6 Å². The molecule has 5 nitrogen and oxygen atoms in total. The standard InChI is InChI=1S/C29H30ClN5S/c30-29-31-15-25-26(28-32-22(18-36-28)13-19-5-2-1-3-6-19)17-35(27(25)33-29)24-9-8-20(14-24)21-7-4-12-34(16-21)23-10-11-23/h1-3,5-7,15,17-18,20,23-24H,4,8-14,16H2. The Kier molecular flexibility index (Phi) is 5.91. The maximum Gasteiger partial charge on any atom is 0.224 e. The Morgan fingerprint density at radius 2 is 1.89 bits per heavy atom. The summed E-state index contributed by atoms with van der Waals surface area (Å²) in [5.41, 5.74) is 6.10. The average Bonchev–Trinajstić information content (AvgIpc) is 3.29. The van der Waals surface area contributed by atoms with E-state index in [1.165, 1.54) is 57.2 Å². The van der Waals surface area contributed by atoms with E-state index in [4.69, 9.17) is 21.6 Å². The van der Waals surface area contributed by atoms with Gasteiger partial charge in [-0.3, -0.25) is 4.90 Å². The van der Waals surface area contributed by atoms with E-state index < -0.39 is 0 Å². The van der Waals surface area contributed by atoms with Gasteiger partial charge in [0.05, 0.1) is 5.69 Å². The summed E-state index contributed by atoms with van der Waals surface area (Å²) in [5, 5.41) is 4.55. The largest absolute Gasteiger partial charge is 0.329 e. The van der Waals surface area contributed by atoms with Gasteiger partial charge in [-0.05, 0) is 61.6 Å². The van der Waals surface area contributed by atoms with Gasteiger partial charge in [0, 0.05) is 60.3 Å². The van der Waals surface area contributed by atoms with Gasteiger partial charge in [-0.1, -0.05) is 42.0 Å². The molecule has 7 heteroatoms. The highest BCUT2D eigenvalue weighted by Crippen LogP contribution is 2.44. The van der Waals surface area contributed by atoms with E-state index in [0.717, 1.165) is 39.8 Å². The molecule has 2 unspecified atom stereocenters. The summed E-state index contributed by atoms with van der Waals surface area (Å²) in [6.45, 7) is 2.42. The van der Waals surface area contributed by atoms with Gasteiger partial charge in [-0.15, -0.1) is 11.3 Å². The Morgan fingerprint density at radius 1 is 1.03 bits per heavy atom. The van der Waals surface area contributed by atoms with Crippen LogP contribution in [0.25, 0.3) is 21.6 Å². The summed E-state index contributed by atoms with van der Waals surface area (Å²) < 4.78 is 2.37. The fourth-order valence-corrected chi connectivity index (χ4v) is 7.13. The third-order valence-electron chi connectivity index (χ3n) is 8.15. The first kappa shape index (κ1) is 22.6. The number of rotatable bonds is 6. The van der Waals surface area contributed by atoms with Gasteiger partial charge in [0.1, 0.15) is 10.7 Å². The number of aromatic nitrogens is 4. The minimum absolute atomic E-state index is 0.307. The molecule has 36 heavy (non-hydrogen) atoms. The predicted molar refractivity (Wildman–Crippen MR) is 147 cm³/mol. The zero-order valence-corrected chi connectivity index (χ0v) is 21.9. The number of hydrogen-bond acceptors (Lipinski definition) is 5. The highest BCUT2D eigenvalue weighted by molar-refractivity contribution is 7.13. The maximum atomic E-state index is 6.29. The minimum atomic E-state index is 0.307. The zero-order valence-electron chi connectivity index (χ0n) is 20.3. The second kappa shape index (κ2) is 9.40. The summed E-state index contributed by atoms with van der Waals surface area (Å²) in [6, 6.07) is 11.8. The Balaban J connectivity index is 1.16. The molecule has 2 aliphatic carbocycles. The van der Waals surface area contributed by atoms with Crippen molar-refractivity contribution in [3.63, 3.8) is 0 Å². The van der Waals surface area contributed by atoms with Crippen LogP contribution in [0.3, 0.4) is 0 Å². The predicted octanol–water partition coefficient (Wildman–Crippen LogP) is 6.93. The van der Waals surface area contributed by atoms with Crippen LogP contribution < -0.4 is 0 Å². The normalized spacial score (nSPS) is 22.9. The molecule has 184 valence electrons. The van der Waals surface area contributed by atoms with Crippen molar-refractivity contribution in [3.05, 3.63) is 76.3 Å². The van der Waals surface area contributed by atoms with Gasteiger partial charge in [-0.25, -0.2) is 9.97 Å². The topological polar surface area (TPSA) is 46.8 Å². The van der Waals surface area contributed by atoms with Gasteiger partial charge in [0.15, 0.2) is 0 Å². The third-order valence-corrected chi connectivity index (χ3v) is 9.25. The monoisotopic (exact) mass is 515 g/mol. The second-order valence-corrected chi connectivity index (χ2v) is 11.8. The van der Waals surface area contributed by atoms with E-state index in [1.807, 2.05) is 6.20 Å². The lowest BCUT2D eigenvalue weighted by atomic mass is 9.93. The maximum absolute atomic E-state index is 6.29. The van der Waals surface area contributed by atoms with Gasteiger partial charge >= 0.3 is 0 Å². The molecule has 3 aliphatic rings. The van der Waals surface area contributed by atoms with E-state index in [2.05, 4.69) is 62.4 Å². The van der Waals surface area contributed by atoms with Crippen molar-refractivity contribution < 1.29 is 0 Å². The summed E-state index contributed by atoms with van der Waals surface area (Å²) >= 11 is 7.99. The van der Waals surface area contributed by atoms with Crippen molar-refractivity contribution in [1.82, 2.24) is 24.4 Å². The van der Waals surface area contributed by atoms with Crippen LogP contribution in [0.2, 0.25) is 5.28 Å². The van der Waals surface area contributed by atoms with Crippen molar-refractivity contribution in [2.45, 2.75) is 57.0 Å². The number of halogens is 1. The van der Waals surface area contributed by atoms with Crippen LogP contribution in [0.15, 0.2) is 59.8 Å². The molecule has 1 aliphatic heterocycles. The Morgan fingerprint density at radius 3 is 2.75 bits per heavy atom. The number of nitrogens with zero attached hydrogens (tertiary/aromatic N) is 5. The molecule has 4 aromatic rings. The van der Waals surface area contributed by atoms with Crippen LogP contribution in [0.4, 0.5) is 0 Å². The third kappa shape index (κ3) is 4.40. The van der Waals surface area contributed by atoms with E-state index in [9.17, 15) is 0 Å². The summed E-state index contributed by atoms with van der Waals surface area (Å²) in [7, 11) is 0. The van der Waals surface area contributed by atoms with Crippen molar-refractivity contribution in [1.29, 1.82) is 0 Å². The fraction of sp³-hybridized carbons (Fsp3) is 0.414. The Bertz CT molecular complexity index is 1420. The molecular weight excluding hydrogens is 486 g/mol. The number of hydrogen-bond donors (Lipinski definition) is 0. The van der Waals surface area contributed by atoms with Gasteiger partial charge in [-0.2, -0.15) is 4.98 Å². The molecule has 2 atom stereocenters. The number of benzene rings is 1. The van der Waals surface area contributed by atoms with Crippen molar-refractivity contribution in [3.8, 4) is 10.6 Å². The SMILES string of the molecule is Clc1ncc2c(-c3nc(Cc4ccccc4)cs3)cn(C3CCC(C4=CCCN(C5CC5)C4)C3)c2n1. The molecular formula is C29H30ClN5S. The van der Waals surface area contributed by atoms with Crippen molar-refractivity contribution in [2.24, 2.45) is 5.92 Å². The van der Waals surface area contributed by atoms with E-state index >= 15 is 0 Å². The quantitative estimate of drug-likeness (QED) is 0.206. The molecule has 0 saturated heterocycles. The van der Waals surface area contributed by atoms with Gasteiger partial charge < -0.3 is 4.57 Å². The van der Waals surface area contributed by atoms with Crippen LogP contribution in [0, 0.1) is 5.92 Å². The lowest BCUT2D eigenvalue weighted by Crippen LogP contribution is -2.33. The smallest absolute Gasteiger partial charge is 0.224 e. The molecule has 0 spiro atoms. The highest BCUT2D eigenvalue weighted by atomic mass is 35.5. The zero-order chi connectivity index (χ0) is 24.1. The molecule has 2 fully saturated rings. The summed E-state index contributed by atoms with van der Waals surface area (Å²) in [4.78, 5) is 16.7. The summed E-state index contributed by atoms with van der Waals surface area (Å²) in [6.07, 6.45) is 15.1. The van der Waals surface area contributed by atoms with Crippen LogP contribution in [0.1, 0.15) is 55.8 Å². The molecule has 2 saturated carbocycles. The number of thiazole rings is 1. The van der Waals surface area contributed by atoms with Crippen LogP contribution in [0.5, 0.6) is 0 Å². The molecule has 3 aromatic heterocycles. The fourth-order valence-electron chi connectivity index (χ4n) is 6.16. The van der Waals surface area contributed by atoms with Crippen molar-refractivity contribution >= 4 is 34.0 Å². The molecule has 4 heterocycles. The molecule has 0 amide bonds. The highest BCUT2D eigenvalue weighted by Gasteiger charge is 2.35. The van der Waals surface area contributed by atoms with Gasteiger partial charge in [0.25, 0.3) is 0 Å². The average molecular weight is 516 g/mol. The van der Waals surface area contributed by atoms with Gasteiger partial charge in [0.2, 0.25) is 5.28 Å². The minimum Gasteiger partial charge on any atom is -0.329 e. The second-order valence-electron chi connectivity index (χ2n) is 10.6. The van der Waals surface area contributed by atoms with Crippen LogP contribution >= 0.6 is 22.9 Å². The first-order valence-corrected chi connectivity index (χ1v) is 14.4. The molecule has 0 bridgehead atoms. The van der Waals surface area contributed by atoms with Crippen molar-refractivity contribution in [2.75, 3.05) is 13.1 Å². The van der Waals surface area contributed by atoms with Crippen LogP contribution in [-0.2, 0) is 6.42 Å². The number of fused-ring (bicyclic) bond motifs is 1.